The highest BCUT2D eigenvalue weighted by atomic mass is 16.5. The summed E-state index contributed by atoms with van der Waals surface area (Å²) < 4.78 is 4.61. The quantitative estimate of drug-likeness (QED) is 0.467. The summed E-state index contributed by atoms with van der Waals surface area (Å²) in [6.07, 6.45) is 0.459. The van der Waals surface area contributed by atoms with Crippen LogP contribution in [0.15, 0.2) is 11.8 Å². The highest BCUT2D eigenvalue weighted by Gasteiger charge is 2.37. The average molecular weight is 318 g/mol. The lowest BCUT2D eigenvalue weighted by molar-refractivity contribution is -0.138. The molecule has 0 heterocycles. The van der Waals surface area contributed by atoms with Gasteiger partial charge in [0.15, 0.2) is 0 Å². The van der Waals surface area contributed by atoms with Crippen molar-refractivity contribution in [2.45, 2.75) is 58.8 Å². The fraction of sp³-hybridized carbons (Fsp3) is 0.526. The Morgan fingerprint density at radius 1 is 1.13 bits per heavy atom. The van der Waals surface area contributed by atoms with E-state index >= 15 is 0 Å². The van der Waals surface area contributed by atoms with Gasteiger partial charge < -0.3 is 14.9 Å². The monoisotopic (exact) mass is 318 g/mol. The summed E-state index contributed by atoms with van der Waals surface area (Å²) >= 11 is 0. The highest BCUT2D eigenvalue weighted by molar-refractivity contribution is 5.99. The first kappa shape index (κ1) is 17.4. The Kier molecular flexibility index (Phi) is 4.00. The van der Waals surface area contributed by atoms with E-state index in [4.69, 9.17) is 0 Å². The molecule has 0 radical (unpaired) electrons. The number of allylic oxidation sites excluding steroid dienone is 1. The van der Waals surface area contributed by atoms with Gasteiger partial charge in [-0.2, -0.15) is 0 Å². The summed E-state index contributed by atoms with van der Waals surface area (Å²) in [5.74, 6) is -0.751. The second-order valence-electron chi connectivity index (χ2n) is 8.17. The maximum absolute atomic E-state index is 11.6. The van der Waals surface area contributed by atoms with Crippen LogP contribution in [0.4, 0.5) is 0 Å². The Hall–Kier alpha value is -1.97. The number of ether oxygens (including phenoxy) is 1. The van der Waals surface area contributed by atoms with E-state index in [1.165, 1.54) is 7.11 Å². The predicted molar refractivity (Wildman–Crippen MR) is 90.8 cm³/mol. The molecule has 4 nitrogen and oxygen atoms in total. The number of fused-ring (bicyclic) bond motifs is 1. The molecule has 0 aromatic heterocycles. The lowest BCUT2D eigenvalue weighted by atomic mass is 9.68. The number of aromatic hydroxyl groups is 1. The zero-order valence-electron chi connectivity index (χ0n) is 15.0. The number of carbonyl (C=O) groups excluding carboxylic acids is 1. The number of methoxy groups -OCH3 is 1. The molecule has 0 saturated heterocycles. The number of phenols is 1. The van der Waals surface area contributed by atoms with Gasteiger partial charge in [-0.15, -0.1) is 0 Å². The van der Waals surface area contributed by atoms with Crippen LogP contribution in [0, 0.1) is 0 Å². The van der Waals surface area contributed by atoms with Gasteiger partial charge in [0.2, 0.25) is 5.76 Å². The van der Waals surface area contributed by atoms with Crippen LogP contribution in [0.1, 0.15) is 63.8 Å². The maximum Gasteiger partial charge on any atom is 0.373 e. The van der Waals surface area contributed by atoms with Crippen LogP contribution in [0.25, 0.3) is 5.57 Å². The first-order valence-corrected chi connectivity index (χ1v) is 7.80. The van der Waals surface area contributed by atoms with Crippen LogP contribution in [0.2, 0.25) is 0 Å². The van der Waals surface area contributed by atoms with Crippen molar-refractivity contribution in [1.29, 1.82) is 0 Å². The zero-order chi connectivity index (χ0) is 17.7. The fourth-order valence-corrected chi connectivity index (χ4v) is 3.14. The zero-order valence-corrected chi connectivity index (χ0v) is 15.0. The number of carbonyl (C=O) groups is 1. The molecule has 2 N–H and O–H groups in total. The van der Waals surface area contributed by atoms with Crippen molar-refractivity contribution < 1.29 is 19.7 Å². The van der Waals surface area contributed by atoms with Crippen molar-refractivity contribution in [2.75, 3.05) is 7.11 Å². The number of aliphatic hydroxyl groups excluding tert-OH is 1. The van der Waals surface area contributed by atoms with Gasteiger partial charge in [0.05, 0.1) is 7.11 Å². The van der Waals surface area contributed by atoms with Crippen LogP contribution in [-0.2, 0) is 26.8 Å². The second kappa shape index (κ2) is 5.29. The van der Waals surface area contributed by atoms with E-state index in [0.717, 1.165) is 22.3 Å². The van der Waals surface area contributed by atoms with E-state index in [1.54, 1.807) is 0 Å². The Balaban J connectivity index is 2.77. The molecule has 0 bridgehead atoms. The summed E-state index contributed by atoms with van der Waals surface area (Å²) in [5, 5.41) is 20.9. The molecule has 0 unspecified atom stereocenters. The topological polar surface area (TPSA) is 66.8 Å². The van der Waals surface area contributed by atoms with Gasteiger partial charge in [-0.25, -0.2) is 4.79 Å². The second-order valence-corrected chi connectivity index (χ2v) is 8.17. The SMILES string of the molecule is COC(=O)C(O)=C1Cc2c1cc(C(C)(C)C)c(O)c2C(C)(C)C. The molecular formula is C19H26O4. The first-order chi connectivity index (χ1) is 10.4. The molecule has 0 fully saturated rings. The standard InChI is InChI=1S/C19H26O4/c1-18(2,3)13-9-10-11(14(16(13)21)19(4,5)6)8-12(10)15(20)17(22)23-7/h9,20-21H,8H2,1-7H3. The van der Waals surface area contributed by atoms with Gasteiger partial charge in [-0.05, 0) is 28.0 Å². The molecule has 1 aliphatic carbocycles. The van der Waals surface area contributed by atoms with Crippen LogP contribution in [0.5, 0.6) is 5.75 Å². The molecule has 2 rings (SSSR count). The van der Waals surface area contributed by atoms with Crippen LogP contribution < -0.4 is 0 Å². The van der Waals surface area contributed by atoms with E-state index in [1.807, 2.05) is 26.8 Å². The van der Waals surface area contributed by atoms with Gasteiger partial charge in [-0.1, -0.05) is 41.5 Å². The smallest absolute Gasteiger partial charge is 0.373 e. The molecule has 0 aliphatic heterocycles. The van der Waals surface area contributed by atoms with Crippen molar-refractivity contribution >= 4 is 11.5 Å². The fourth-order valence-electron chi connectivity index (χ4n) is 3.14. The van der Waals surface area contributed by atoms with Crippen molar-refractivity contribution in [3.63, 3.8) is 0 Å². The number of hydrogen-bond acceptors (Lipinski definition) is 4. The summed E-state index contributed by atoms with van der Waals surface area (Å²) in [5.41, 5.74) is 3.64. The van der Waals surface area contributed by atoms with Gasteiger partial charge in [0, 0.05) is 23.1 Å². The van der Waals surface area contributed by atoms with Gasteiger partial charge >= 0.3 is 5.97 Å². The summed E-state index contributed by atoms with van der Waals surface area (Å²) in [4.78, 5) is 11.6. The maximum atomic E-state index is 11.6. The van der Waals surface area contributed by atoms with E-state index in [9.17, 15) is 15.0 Å². The third-order valence-electron chi connectivity index (χ3n) is 4.31. The van der Waals surface area contributed by atoms with Crippen LogP contribution >= 0.6 is 0 Å². The summed E-state index contributed by atoms with van der Waals surface area (Å²) in [6.45, 7) is 12.2. The number of esters is 1. The van der Waals surface area contributed by atoms with E-state index in [2.05, 4.69) is 25.5 Å². The molecule has 1 aliphatic rings. The lowest BCUT2D eigenvalue weighted by Crippen LogP contribution is -2.26. The number of phenolic OH excluding ortho intramolecular Hbond substituents is 1. The van der Waals surface area contributed by atoms with E-state index < -0.39 is 5.97 Å². The third-order valence-corrected chi connectivity index (χ3v) is 4.31. The first-order valence-electron chi connectivity index (χ1n) is 7.80. The molecule has 0 amide bonds. The molecule has 1 aromatic rings. The minimum absolute atomic E-state index is 0.234. The highest BCUT2D eigenvalue weighted by Crippen LogP contribution is 2.49. The molecule has 126 valence electrons. The van der Waals surface area contributed by atoms with Crippen LogP contribution in [0.3, 0.4) is 0 Å². The Bertz CT molecular complexity index is 698. The van der Waals surface area contributed by atoms with Gasteiger partial charge in [0.1, 0.15) is 5.75 Å². The Morgan fingerprint density at radius 2 is 1.70 bits per heavy atom. The van der Waals surface area contributed by atoms with Crippen molar-refractivity contribution in [3.8, 4) is 5.75 Å². The third kappa shape index (κ3) is 2.82. The molecule has 0 atom stereocenters. The molecule has 1 aromatic carbocycles. The van der Waals surface area contributed by atoms with Crippen LogP contribution in [-0.4, -0.2) is 23.3 Å². The van der Waals surface area contributed by atoms with Crippen molar-refractivity contribution in [2.24, 2.45) is 0 Å². The molecular weight excluding hydrogens is 292 g/mol. The Morgan fingerprint density at radius 3 is 2.13 bits per heavy atom. The predicted octanol–water partition coefficient (Wildman–Crippen LogP) is 3.99. The van der Waals surface area contributed by atoms with Crippen molar-refractivity contribution in [1.82, 2.24) is 0 Å². The average Bonchev–Trinajstić information content (AvgIpc) is 2.37. The molecule has 0 spiro atoms. The minimum atomic E-state index is -0.728. The summed E-state index contributed by atoms with van der Waals surface area (Å²) in [7, 11) is 1.25. The number of rotatable bonds is 1. The largest absolute Gasteiger partial charge is 0.507 e. The molecule has 4 heteroatoms. The van der Waals surface area contributed by atoms with Gasteiger partial charge in [-0.3, -0.25) is 0 Å². The summed E-state index contributed by atoms with van der Waals surface area (Å²) in [6, 6.07) is 1.89. The van der Waals surface area contributed by atoms with Crippen molar-refractivity contribution in [3.05, 3.63) is 34.1 Å². The van der Waals surface area contributed by atoms with E-state index in [-0.39, 0.29) is 16.6 Å². The molecule has 0 saturated carbocycles. The normalized spacial score (nSPS) is 16.5. The number of hydrogen-bond donors (Lipinski definition) is 2. The van der Waals surface area contributed by atoms with E-state index in [0.29, 0.717) is 17.7 Å². The number of benzene rings is 1. The number of aliphatic hydroxyl groups is 1. The lowest BCUT2D eigenvalue weighted by Gasteiger charge is -2.36. The molecule has 23 heavy (non-hydrogen) atoms. The minimum Gasteiger partial charge on any atom is -0.507 e. The Labute approximate surface area is 137 Å². The van der Waals surface area contributed by atoms with Gasteiger partial charge in [0.25, 0.3) is 0 Å².